The fourth-order valence-electron chi connectivity index (χ4n) is 3.53. The van der Waals surface area contributed by atoms with Crippen molar-refractivity contribution in [2.75, 3.05) is 6.54 Å². The van der Waals surface area contributed by atoms with E-state index in [0.29, 0.717) is 42.1 Å². The van der Waals surface area contributed by atoms with Gasteiger partial charge in [0.2, 0.25) is 0 Å². The molecule has 0 atom stereocenters. The van der Waals surface area contributed by atoms with Crippen LogP contribution in [0, 0.1) is 0 Å². The summed E-state index contributed by atoms with van der Waals surface area (Å²) in [6.45, 7) is 9.60. The van der Waals surface area contributed by atoms with Crippen LogP contribution < -0.4 is 5.48 Å². The van der Waals surface area contributed by atoms with Crippen molar-refractivity contribution in [1.82, 2.24) is 19.9 Å². The second kappa shape index (κ2) is 10.1. The maximum absolute atomic E-state index is 12.8. The van der Waals surface area contributed by atoms with Crippen LogP contribution >= 0.6 is 0 Å². The second-order valence-corrected chi connectivity index (χ2v) is 7.78. The Hall–Kier alpha value is -2.39. The van der Waals surface area contributed by atoms with Crippen molar-refractivity contribution in [2.24, 2.45) is 0 Å². The Labute approximate surface area is 174 Å². The van der Waals surface area contributed by atoms with Crippen LogP contribution in [0.1, 0.15) is 45.5 Å². The summed E-state index contributed by atoms with van der Waals surface area (Å²) >= 11 is 0. The summed E-state index contributed by atoms with van der Waals surface area (Å²) in [4.78, 5) is 17.9. The minimum absolute atomic E-state index is 0.195. The van der Waals surface area contributed by atoms with Crippen molar-refractivity contribution in [3.8, 4) is 0 Å². The summed E-state index contributed by atoms with van der Waals surface area (Å²) in [5.41, 5.74) is 3.48. The van der Waals surface area contributed by atoms with Gasteiger partial charge in [0.05, 0.1) is 17.5 Å². The number of aryl methyl sites for hydroxylation is 1. The first-order valence-electron chi connectivity index (χ1n) is 9.95. The number of fused-ring (bicyclic) bond motifs is 1. The molecule has 0 radical (unpaired) electrons. The van der Waals surface area contributed by atoms with Gasteiger partial charge >= 0.3 is 6.18 Å². The van der Waals surface area contributed by atoms with Crippen molar-refractivity contribution in [3.05, 3.63) is 35.7 Å². The van der Waals surface area contributed by atoms with E-state index < -0.39 is 18.5 Å². The summed E-state index contributed by atoms with van der Waals surface area (Å²) in [5, 5.41) is 8.57. The number of carbonyl (C=O) groups is 1. The summed E-state index contributed by atoms with van der Waals surface area (Å²) < 4.78 is 40.3. The molecule has 0 aliphatic carbocycles. The maximum atomic E-state index is 12.8. The average molecular weight is 426 g/mol. The number of nitrogens with zero attached hydrogens (tertiary/aromatic N) is 3. The number of alkyl halides is 3. The lowest BCUT2D eigenvalue weighted by molar-refractivity contribution is -0.134. The smallest absolute Gasteiger partial charge is 0.327 e. The summed E-state index contributed by atoms with van der Waals surface area (Å²) in [7, 11) is 0. The standard InChI is InChI=1S/C21H29F3N4O2/c1-14(2)27(15(3)4)11-12-28-18-7-5-16(6-8-20(29)26-30)13-17(18)25-19(28)9-10-21(22,23)24/h5-8,13-15,30H,9-12H2,1-4H3,(H,26,29)/b8-6+. The third kappa shape index (κ3) is 6.56. The lowest BCUT2D eigenvalue weighted by Crippen LogP contribution is -2.39. The van der Waals surface area contributed by atoms with Crippen LogP contribution in [0.5, 0.6) is 0 Å². The zero-order chi connectivity index (χ0) is 22.5. The number of halogens is 3. The van der Waals surface area contributed by atoms with Crippen molar-refractivity contribution in [1.29, 1.82) is 0 Å². The predicted octanol–water partition coefficient (Wildman–Crippen LogP) is 4.17. The minimum Gasteiger partial charge on any atom is -0.327 e. The van der Waals surface area contributed by atoms with E-state index in [-0.39, 0.29) is 6.42 Å². The largest absolute Gasteiger partial charge is 0.389 e. The van der Waals surface area contributed by atoms with Gasteiger partial charge in [-0.2, -0.15) is 13.2 Å². The Morgan fingerprint density at radius 2 is 1.93 bits per heavy atom. The number of imidazole rings is 1. The Bertz CT molecular complexity index is 880. The maximum Gasteiger partial charge on any atom is 0.389 e. The van der Waals surface area contributed by atoms with E-state index in [1.54, 1.807) is 18.2 Å². The first kappa shape index (κ1) is 23.9. The molecule has 0 fully saturated rings. The zero-order valence-corrected chi connectivity index (χ0v) is 17.7. The Balaban J connectivity index is 2.37. The molecule has 0 bridgehead atoms. The highest BCUT2D eigenvalue weighted by Crippen LogP contribution is 2.25. The minimum atomic E-state index is -4.25. The van der Waals surface area contributed by atoms with E-state index in [9.17, 15) is 18.0 Å². The van der Waals surface area contributed by atoms with Crippen molar-refractivity contribution in [2.45, 2.75) is 65.3 Å². The molecule has 9 heteroatoms. The Morgan fingerprint density at radius 3 is 2.50 bits per heavy atom. The molecule has 0 unspecified atom stereocenters. The van der Waals surface area contributed by atoms with Crippen LogP contribution in [0.2, 0.25) is 0 Å². The first-order chi connectivity index (χ1) is 14.0. The van der Waals surface area contributed by atoms with E-state index in [1.165, 1.54) is 11.6 Å². The van der Waals surface area contributed by atoms with E-state index in [4.69, 9.17) is 5.21 Å². The van der Waals surface area contributed by atoms with Gasteiger partial charge in [0.1, 0.15) is 5.82 Å². The van der Waals surface area contributed by atoms with Gasteiger partial charge in [0.15, 0.2) is 0 Å². The third-order valence-electron chi connectivity index (χ3n) is 4.93. The molecule has 2 N–H and O–H groups in total. The molecule has 1 aromatic carbocycles. The van der Waals surface area contributed by atoms with Crippen LogP contribution in [0.15, 0.2) is 24.3 Å². The van der Waals surface area contributed by atoms with Crippen LogP contribution in [0.4, 0.5) is 13.2 Å². The number of benzene rings is 1. The Morgan fingerprint density at radius 1 is 1.27 bits per heavy atom. The normalized spacial score (nSPS) is 12.8. The lowest BCUT2D eigenvalue weighted by Gasteiger charge is -2.30. The van der Waals surface area contributed by atoms with Gasteiger partial charge in [0, 0.05) is 37.7 Å². The van der Waals surface area contributed by atoms with Crippen LogP contribution in [0.25, 0.3) is 17.1 Å². The van der Waals surface area contributed by atoms with Crippen molar-refractivity contribution in [3.63, 3.8) is 0 Å². The number of hydroxylamine groups is 1. The van der Waals surface area contributed by atoms with Gasteiger partial charge in [-0.1, -0.05) is 6.07 Å². The van der Waals surface area contributed by atoms with Gasteiger partial charge in [-0.05, 0) is 51.5 Å². The van der Waals surface area contributed by atoms with E-state index in [1.807, 2.05) is 4.57 Å². The van der Waals surface area contributed by atoms with Crippen molar-refractivity contribution < 1.29 is 23.2 Å². The highest BCUT2D eigenvalue weighted by molar-refractivity contribution is 5.91. The van der Waals surface area contributed by atoms with Gasteiger partial charge < -0.3 is 4.57 Å². The SMILES string of the molecule is CC(C)N(CCn1c(CCC(F)(F)F)nc2cc(/C=C/C(=O)NO)ccc21)C(C)C. The van der Waals surface area contributed by atoms with E-state index in [2.05, 4.69) is 37.6 Å². The molecule has 0 saturated carbocycles. The molecule has 2 aromatic rings. The molecular formula is C21H29F3N4O2. The number of hydrogen-bond acceptors (Lipinski definition) is 4. The topological polar surface area (TPSA) is 70.4 Å². The molecule has 0 aliphatic rings. The van der Waals surface area contributed by atoms with Gasteiger partial charge in [-0.25, -0.2) is 10.5 Å². The molecule has 1 amide bonds. The van der Waals surface area contributed by atoms with E-state index >= 15 is 0 Å². The predicted molar refractivity (Wildman–Crippen MR) is 110 cm³/mol. The van der Waals surface area contributed by atoms with Gasteiger partial charge in [-0.15, -0.1) is 0 Å². The van der Waals surface area contributed by atoms with Crippen LogP contribution in [0.3, 0.4) is 0 Å². The van der Waals surface area contributed by atoms with E-state index in [0.717, 1.165) is 11.6 Å². The fourth-order valence-corrected chi connectivity index (χ4v) is 3.53. The molecule has 2 rings (SSSR count). The fraction of sp³-hybridized carbons (Fsp3) is 0.524. The number of nitrogens with one attached hydrogen (secondary N) is 1. The second-order valence-electron chi connectivity index (χ2n) is 7.78. The number of amides is 1. The molecule has 166 valence electrons. The quantitative estimate of drug-likeness (QED) is 0.359. The zero-order valence-electron chi connectivity index (χ0n) is 17.7. The molecule has 30 heavy (non-hydrogen) atoms. The van der Waals surface area contributed by atoms with Crippen LogP contribution in [-0.4, -0.2) is 50.4 Å². The van der Waals surface area contributed by atoms with Gasteiger partial charge in [0.25, 0.3) is 5.91 Å². The summed E-state index contributed by atoms with van der Waals surface area (Å²) in [5.74, 6) is -0.280. The molecule has 0 saturated heterocycles. The Kier molecular flexibility index (Phi) is 8.03. The molecule has 0 spiro atoms. The number of rotatable bonds is 9. The monoisotopic (exact) mass is 426 g/mol. The molecular weight excluding hydrogens is 397 g/mol. The number of hydrogen-bond donors (Lipinski definition) is 2. The lowest BCUT2D eigenvalue weighted by atomic mass is 10.2. The van der Waals surface area contributed by atoms with Crippen LogP contribution in [-0.2, 0) is 17.8 Å². The first-order valence-corrected chi connectivity index (χ1v) is 9.95. The third-order valence-corrected chi connectivity index (χ3v) is 4.93. The highest BCUT2D eigenvalue weighted by atomic mass is 19.4. The molecule has 1 heterocycles. The number of aromatic nitrogens is 2. The molecule has 1 aromatic heterocycles. The number of carbonyl (C=O) groups excluding carboxylic acids is 1. The molecule has 6 nitrogen and oxygen atoms in total. The highest BCUT2D eigenvalue weighted by Gasteiger charge is 2.28. The van der Waals surface area contributed by atoms with Gasteiger partial charge in [-0.3, -0.25) is 14.9 Å². The molecule has 0 aliphatic heterocycles. The average Bonchev–Trinajstić information content (AvgIpc) is 3.00. The summed E-state index contributed by atoms with van der Waals surface area (Å²) in [6.07, 6.45) is -2.72. The summed E-state index contributed by atoms with van der Waals surface area (Å²) in [6, 6.07) is 5.90. The van der Waals surface area contributed by atoms with Crippen molar-refractivity contribution >= 4 is 23.0 Å².